The second kappa shape index (κ2) is 3.93. The molecule has 2 heteroatoms. The molecule has 0 bridgehead atoms. The van der Waals surface area contributed by atoms with Crippen molar-refractivity contribution < 1.29 is 9.59 Å². The second-order valence-corrected chi connectivity index (χ2v) is 7.11. The summed E-state index contributed by atoms with van der Waals surface area (Å²) in [6, 6.07) is 0. The monoisotopic (exact) mass is 236 g/mol. The third-order valence-electron chi connectivity index (χ3n) is 5.11. The number of hydrogen-bond donors (Lipinski definition) is 0. The van der Waals surface area contributed by atoms with Gasteiger partial charge in [-0.2, -0.15) is 0 Å². The fourth-order valence-electron chi connectivity index (χ4n) is 4.56. The largest absolute Gasteiger partial charge is 0.300 e. The molecule has 0 heterocycles. The summed E-state index contributed by atoms with van der Waals surface area (Å²) < 4.78 is 0. The van der Waals surface area contributed by atoms with Gasteiger partial charge in [0.2, 0.25) is 0 Å². The molecule has 0 aliphatic heterocycles. The molecule has 0 radical (unpaired) electrons. The fourth-order valence-corrected chi connectivity index (χ4v) is 4.56. The van der Waals surface area contributed by atoms with Crippen LogP contribution in [0.5, 0.6) is 0 Å². The van der Waals surface area contributed by atoms with Crippen LogP contribution in [0.3, 0.4) is 0 Å². The van der Waals surface area contributed by atoms with E-state index in [0.29, 0.717) is 18.1 Å². The van der Waals surface area contributed by atoms with Gasteiger partial charge in [0.25, 0.3) is 0 Å². The molecule has 17 heavy (non-hydrogen) atoms. The Balaban J connectivity index is 2.22. The Hall–Kier alpha value is -0.660. The van der Waals surface area contributed by atoms with Gasteiger partial charge in [-0.25, -0.2) is 0 Å². The van der Waals surface area contributed by atoms with E-state index >= 15 is 0 Å². The molecule has 2 aliphatic carbocycles. The van der Waals surface area contributed by atoms with Crippen LogP contribution in [0.15, 0.2) is 0 Å². The minimum atomic E-state index is 0.210. The molecule has 96 valence electrons. The quantitative estimate of drug-likeness (QED) is 0.752. The predicted molar refractivity (Wildman–Crippen MR) is 67.6 cm³/mol. The highest BCUT2D eigenvalue weighted by Crippen LogP contribution is 2.63. The Kier molecular flexibility index (Phi) is 2.95. The minimum absolute atomic E-state index is 0.210. The molecule has 3 atom stereocenters. The Morgan fingerprint density at radius 1 is 1.35 bits per heavy atom. The number of carbonyl (C=O) groups is 2. The lowest BCUT2D eigenvalue weighted by Gasteiger charge is -2.29. The molecule has 0 aromatic heterocycles. The van der Waals surface area contributed by atoms with Gasteiger partial charge in [-0.05, 0) is 42.9 Å². The smallest absolute Gasteiger partial charge is 0.136 e. The van der Waals surface area contributed by atoms with E-state index in [4.69, 9.17) is 0 Å². The number of fused-ring (bicyclic) bond motifs is 1. The maximum atomic E-state index is 12.1. The highest BCUT2D eigenvalue weighted by atomic mass is 16.1. The number of hydrogen-bond acceptors (Lipinski definition) is 2. The maximum absolute atomic E-state index is 12.1. The van der Waals surface area contributed by atoms with Crippen LogP contribution in [-0.4, -0.2) is 11.6 Å². The second-order valence-electron chi connectivity index (χ2n) is 7.11. The SMILES string of the molecule is CC(=O)CC[C@@H]1[C@H]2C(=O)CC[C@@]2(C)CC1(C)C. The summed E-state index contributed by atoms with van der Waals surface area (Å²) in [7, 11) is 0. The molecule has 0 spiro atoms. The molecule has 0 amide bonds. The predicted octanol–water partition coefficient (Wildman–Crippen LogP) is 3.39. The fraction of sp³-hybridized carbons (Fsp3) is 0.867. The number of ketones is 2. The zero-order chi connectivity index (χ0) is 12.8. The van der Waals surface area contributed by atoms with Gasteiger partial charge in [0.15, 0.2) is 0 Å². The van der Waals surface area contributed by atoms with Crippen molar-refractivity contribution in [3.8, 4) is 0 Å². The van der Waals surface area contributed by atoms with E-state index in [0.717, 1.165) is 25.7 Å². The molecule has 2 nitrogen and oxygen atoms in total. The lowest BCUT2D eigenvalue weighted by Crippen LogP contribution is -2.28. The third-order valence-corrected chi connectivity index (χ3v) is 5.11. The minimum Gasteiger partial charge on any atom is -0.300 e. The summed E-state index contributed by atoms with van der Waals surface area (Å²) in [6.07, 6.45) is 4.48. The van der Waals surface area contributed by atoms with Gasteiger partial charge in [-0.3, -0.25) is 4.79 Å². The van der Waals surface area contributed by atoms with Gasteiger partial charge >= 0.3 is 0 Å². The average Bonchev–Trinajstić information content (AvgIpc) is 2.54. The molecule has 2 aliphatic rings. The van der Waals surface area contributed by atoms with Gasteiger partial charge in [0.1, 0.15) is 11.6 Å². The highest BCUT2D eigenvalue weighted by Gasteiger charge is 2.59. The normalized spacial score (nSPS) is 39.4. The summed E-state index contributed by atoms with van der Waals surface area (Å²) in [4.78, 5) is 23.3. The first-order valence-electron chi connectivity index (χ1n) is 6.78. The molecule has 0 N–H and O–H groups in total. The van der Waals surface area contributed by atoms with E-state index in [1.165, 1.54) is 0 Å². The lowest BCUT2D eigenvalue weighted by molar-refractivity contribution is -0.124. The molecule has 0 aromatic carbocycles. The van der Waals surface area contributed by atoms with Crippen molar-refractivity contribution in [1.29, 1.82) is 0 Å². The van der Waals surface area contributed by atoms with Crippen molar-refractivity contribution in [2.45, 2.75) is 59.8 Å². The molecular formula is C15H24O2. The molecule has 2 rings (SSSR count). The topological polar surface area (TPSA) is 34.1 Å². The van der Waals surface area contributed by atoms with Crippen molar-refractivity contribution in [3.05, 3.63) is 0 Å². The van der Waals surface area contributed by atoms with Gasteiger partial charge in [-0.1, -0.05) is 20.8 Å². The van der Waals surface area contributed by atoms with Crippen LogP contribution in [0.4, 0.5) is 0 Å². The van der Waals surface area contributed by atoms with Crippen LogP contribution in [0.25, 0.3) is 0 Å². The average molecular weight is 236 g/mol. The van der Waals surface area contributed by atoms with Crippen LogP contribution in [-0.2, 0) is 9.59 Å². The Morgan fingerprint density at radius 2 is 2.00 bits per heavy atom. The molecule has 2 fully saturated rings. The number of carbonyl (C=O) groups excluding carboxylic acids is 2. The summed E-state index contributed by atoms with van der Waals surface area (Å²) in [5.41, 5.74) is 0.424. The van der Waals surface area contributed by atoms with E-state index in [2.05, 4.69) is 20.8 Å². The number of rotatable bonds is 3. The van der Waals surface area contributed by atoms with Gasteiger partial charge < -0.3 is 4.79 Å². The summed E-state index contributed by atoms with van der Waals surface area (Å²) in [5, 5.41) is 0. The molecule has 0 saturated heterocycles. The first kappa shape index (κ1) is 12.8. The van der Waals surface area contributed by atoms with Gasteiger partial charge in [0.05, 0.1) is 0 Å². The zero-order valence-electron chi connectivity index (χ0n) is 11.5. The maximum Gasteiger partial charge on any atom is 0.136 e. The Morgan fingerprint density at radius 3 is 2.59 bits per heavy atom. The first-order valence-corrected chi connectivity index (χ1v) is 6.78. The first-order chi connectivity index (χ1) is 7.76. The summed E-state index contributed by atoms with van der Waals surface area (Å²) in [6.45, 7) is 8.47. The van der Waals surface area contributed by atoms with E-state index < -0.39 is 0 Å². The van der Waals surface area contributed by atoms with E-state index in [1.807, 2.05) is 0 Å². The van der Waals surface area contributed by atoms with Crippen LogP contribution >= 0.6 is 0 Å². The van der Waals surface area contributed by atoms with Crippen LogP contribution in [0, 0.1) is 22.7 Å². The van der Waals surface area contributed by atoms with Crippen molar-refractivity contribution in [2.75, 3.05) is 0 Å². The summed E-state index contributed by atoms with van der Waals surface area (Å²) >= 11 is 0. The van der Waals surface area contributed by atoms with Crippen LogP contribution in [0.2, 0.25) is 0 Å². The van der Waals surface area contributed by atoms with Crippen molar-refractivity contribution in [3.63, 3.8) is 0 Å². The summed E-state index contributed by atoms with van der Waals surface area (Å²) in [5.74, 6) is 1.33. The van der Waals surface area contributed by atoms with E-state index in [-0.39, 0.29) is 22.5 Å². The van der Waals surface area contributed by atoms with E-state index in [1.54, 1.807) is 6.92 Å². The van der Waals surface area contributed by atoms with Crippen molar-refractivity contribution >= 4 is 11.6 Å². The Labute approximate surface area is 104 Å². The molecule has 0 aromatic rings. The highest BCUT2D eigenvalue weighted by molar-refractivity contribution is 5.85. The third kappa shape index (κ3) is 2.07. The molecule has 0 unspecified atom stereocenters. The van der Waals surface area contributed by atoms with Gasteiger partial charge in [0, 0.05) is 18.8 Å². The Bertz CT molecular complexity index is 356. The van der Waals surface area contributed by atoms with Crippen molar-refractivity contribution in [2.24, 2.45) is 22.7 Å². The van der Waals surface area contributed by atoms with E-state index in [9.17, 15) is 9.59 Å². The van der Waals surface area contributed by atoms with Crippen LogP contribution in [0.1, 0.15) is 59.8 Å². The van der Waals surface area contributed by atoms with Crippen LogP contribution < -0.4 is 0 Å². The van der Waals surface area contributed by atoms with Gasteiger partial charge in [-0.15, -0.1) is 0 Å². The zero-order valence-corrected chi connectivity index (χ0v) is 11.5. The van der Waals surface area contributed by atoms with Crippen molar-refractivity contribution in [1.82, 2.24) is 0 Å². The number of Topliss-reactive ketones (excluding diaryl/α,β-unsaturated/α-hetero) is 2. The molecular weight excluding hydrogens is 212 g/mol. The lowest BCUT2D eigenvalue weighted by atomic mass is 9.74. The standard InChI is InChI=1S/C15H24O2/c1-10(16)5-6-11-13-12(17)7-8-15(13,4)9-14(11,2)3/h11,13H,5-9H2,1-4H3/t11-,13+,15+/m1/s1. The molecule has 2 saturated carbocycles.